The summed E-state index contributed by atoms with van der Waals surface area (Å²) >= 11 is 0. The Bertz CT molecular complexity index is 234. The van der Waals surface area contributed by atoms with Gasteiger partial charge in [0, 0.05) is 0 Å². The summed E-state index contributed by atoms with van der Waals surface area (Å²) in [6.07, 6.45) is -1.31. The number of rotatable bonds is 6. The summed E-state index contributed by atoms with van der Waals surface area (Å²) in [7, 11) is 0. The Hall–Kier alpha value is -1.76. The standard InChI is InChI=1S/C7H8O7/c8-1-5(14-7(12)3-10)4-13-6(11)2-9/h2-3,5,8H,1,4H2. The molecular weight excluding hydrogens is 196 g/mol. The van der Waals surface area contributed by atoms with Crippen LogP contribution in [0.4, 0.5) is 0 Å². The van der Waals surface area contributed by atoms with E-state index in [-0.39, 0.29) is 12.6 Å². The van der Waals surface area contributed by atoms with Crippen molar-refractivity contribution in [3.05, 3.63) is 0 Å². The zero-order valence-electron chi connectivity index (χ0n) is 7.04. The third-order valence-corrected chi connectivity index (χ3v) is 1.09. The Kier molecular flexibility index (Phi) is 5.88. The molecule has 0 fully saturated rings. The fourth-order valence-electron chi connectivity index (χ4n) is 0.525. The number of esters is 2. The molecule has 0 saturated carbocycles. The first-order valence-electron chi connectivity index (χ1n) is 3.52. The van der Waals surface area contributed by atoms with E-state index in [9.17, 15) is 19.2 Å². The molecule has 0 aromatic heterocycles. The molecule has 0 spiro atoms. The molecule has 0 bridgehead atoms. The average molecular weight is 204 g/mol. The molecule has 0 saturated heterocycles. The lowest BCUT2D eigenvalue weighted by Crippen LogP contribution is -2.29. The molecule has 1 N–H and O–H groups in total. The smallest absolute Gasteiger partial charge is 0.371 e. The van der Waals surface area contributed by atoms with Gasteiger partial charge >= 0.3 is 11.9 Å². The van der Waals surface area contributed by atoms with Gasteiger partial charge in [-0.25, -0.2) is 9.59 Å². The van der Waals surface area contributed by atoms with Gasteiger partial charge < -0.3 is 14.6 Å². The summed E-state index contributed by atoms with van der Waals surface area (Å²) < 4.78 is 8.52. The lowest BCUT2D eigenvalue weighted by molar-refractivity contribution is -0.162. The third-order valence-electron chi connectivity index (χ3n) is 1.09. The van der Waals surface area contributed by atoms with Crippen molar-refractivity contribution in [1.82, 2.24) is 0 Å². The molecule has 0 aliphatic carbocycles. The normalized spacial score (nSPS) is 11.2. The zero-order valence-corrected chi connectivity index (χ0v) is 7.04. The minimum atomic E-state index is -1.19. The van der Waals surface area contributed by atoms with Crippen LogP contribution >= 0.6 is 0 Å². The van der Waals surface area contributed by atoms with Crippen LogP contribution in [0.2, 0.25) is 0 Å². The molecule has 0 aromatic rings. The van der Waals surface area contributed by atoms with Crippen LogP contribution in [-0.4, -0.2) is 48.9 Å². The van der Waals surface area contributed by atoms with Gasteiger partial charge in [0.2, 0.25) is 12.6 Å². The van der Waals surface area contributed by atoms with E-state index in [1.54, 1.807) is 0 Å². The quantitative estimate of drug-likeness (QED) is 0.298. The number of hydrogen-bond acceptors (Lipinski definition) is 7. The summed E-state index contributed by atoms with van der Waals surface area (Å²) in [5.74, 6) is -2.34. The van der Waals surface area contributed by atoms with Crippen molar-refractivity contribution in [1.29, 1.82) is 0 Å². The second-order valence-electron chi connectivity index (χ2n) is 2.11. The van der Waals surface area contributed by atoms with Crippen LogP contribution in [0.15, 0.2) is 0 Å². The molecule has 1 atom stereocenters. The molecule has 78 valence electrons. The number of aliphatic hydroxyl groups is 1. The Labute approximate surface area is 78.6 Å². The fourth-order valence-corrected chi connectivity index (χ4v) is 0.525. The number of aliphatic hydroxyl groups excluding tert-OH is 1. The van der Waals surface area contributed by atoms with Gasteiger partial charge in [-0.1, -0.05) is 0 Å². The minimum Gasteiger partial charge on any atom is -0.456 e. The van der Waals surface area contributed by atoms with E-state index >= 15 is 0 Å². The van der Waals surface area contributed by atoms with Crippen LogP contribution < -0.4 is 0 Å². The Morgan fingerprint density at radius 2 is 1.79 bits per heavy atom. The van der Waals surface area contributed by atoms with Gasteiger partial charge in [-0.05, 0) is 0 Å². The second kappa shape index (κ2) is 6.72. The van der Waals surface area contributed by atoms with Gasteiger partial charge in [-0.3, -0.25) is 9.59 Å². The minimum absolute atomic E-state index is 0.0734. The van der Waals surface area contributed by atoms with Crippen LogP contribution in [-0.2, 0) is 28.7 Å². The van der Waals surface area contributed by atoms with Crippen molar-refractivity contribution in [3.63, 3.8) is 0 Å². The maximum atomic E-state index is 10.4. The predicted molar refractivity (Wildman–Crippen MR) is 40.1 cm³/mol. The molecule has 7 nitrogen and oxygen atoms in total. The monoisotopic (exact) mass is 204 g/mol. The molecule has 0 amide bonds. The maximum absolute atomic E-state index is 10.4. The molecule has 0 rings (SSSR count). The van der Waals surface area contributed by atoms with Gasteiger partial charge in [0.15, 0.2) is 6.10 Å². The van der Waals surface area contributed by atoms with Gasteiger partial charge in [0.25, 0.3) is 0 Å². The van der Waals surface area contributed by atoms with E-state index in [2.05, 4.69) is 9.47 Å². The molecule has 0 heterocycles. The van der Waals surface area contributed by atoms with Gasteiger partial charge in [-0.15, -0.1) is 0 Å². The van der Waals surface area contributed by atoms with Crippen LogP contribution in [0, 0.1) is 0 Å². The molecule has 0 aromatic carbocycles. The largest absolute Gasteiger partial charge is 0.456 e. The molecule has 1 unspecified atom stereocenters. The topological polar surface area (TPSA) is 107 Å². The Balaban J connectivity index is 3.90. The van der Waals surface area contributed by atoms with Crippen molar-refractivity contribution in [2.45, 2.75) is 6.10 Å². The van der Waals surface area contributed by atoms with Gasteiger partial charge in [-0.2, -0.15) is 0 Å². The van der Waals surface area contributed by atoms with Crippen LogP contribution in [0.5, 0.6) is 0 Å². The van der Waals surface area contributed by atoms with E-state index in [4.69, 9.17) is 5.11 Å². The summed E-state index contributed by atoms with van der Waals surface area (Å²) in [4.78, 5) is 40.3. The molecule has 0 aliphatic heterocycles. The van der Waals surface area contributed by atoms with Gasteiger partial charge in [0.05, 0.1) is 6.61 Å². The first-order chi connectivity index (χ1) is 6.63. The van der Waals surface area contributed by atoms with Crippen molar-refractivity contribution < 1.29 is 33.8 Å². The summed E-state index contributed by atoms with van der Waals surface area (Å²) in [5.41, 5.74) is 0. The zero-order chi connectivity index (χ0) is 11.0. The highest BCUT2D eigenvalue weighted by Crippen LogP contribution is 1.92. The molecule has 14 heavy (non-hydrogen) atoms. The maximum Gasteiger partial charge on any atom is 0.371 e. The number of carbonyl (C=O) groups is 4. The van der Waals surface area contributed by atoms with Crippen molar-refractivity contribution in [3.8, 4) is 0 Å². The first-order valence-corrected chi connectivity index (χ1v) is 3.52. The van der Waals surface area contributed by atoms with E-state index in [0.29, 0.717) is 0 Å². The fraction of sp³-hybridized carbons (Fsp3) is 0.429. The Morgan fingerprint density at radius 3 is 2.21 bits per heavy atom. The molecular formula is C7H8O7. The predicted octanol–water partition coefficient (Wildman–Crippen LogP) is -2.17. The molecule has 0 aliphatic rings. The summed E-state index contributed by atoms with van der Waals surface area (Å²) in [5, 5.41) is 8.58. The second-order valence-corrected chi connectivity index (χ2v) is 2.11. The number of aldehydes is 2. The van der Waals surface area contributed by atoms with E-state index in [1.165, 1.54) is 0 Å². The summed E-state index contributed by atoms with van der Waals surface area (Å²) in [6.45, 7) is -1.10. The van der Waals surface area contributed by atoms with E-state index in [1.807, 2.05) is 0 Å². The van der Waals surface area contributed by atoms with Crippen LogP contribution in [0.1, 0.15) is 0 Å². The first kappa shape index (κ1) is 12.2. The SMILES string of the molecule is O=CC(=O)OCC(CO)OC(=O)C=O. The Morgan fingerprint density at radius 1 is 1.21 bits per heavy atom. The molecule has 0 radical (unpaired) electrons. The van der Waals surface area contributed by atoms with E-state index < -0.39 is 31.3 Å². The third kappa shape index (κ3) is 4.99. The van der Waals surface area contributed by atoms with Crippen LogP contribution in [0.25, 0.3) is 0 Å². The number of hydrogen-bond donors (Lipinski definition) is 1. The van der Waals surface area contributed by atoms with Crippen molar-refractivity contribution in [2.75, 3.05) is 13.2 Å². The van der Waals surface area contributed by atoms with Crippen molar-refractivity contribution >= 4 is 24.5 Å². The van der Waals surface area contributed by atoms with E-state index in [0.717, 1.165) is 0 Å². The highest BCUT2D eigenvalue weighted by Gasteiger charge is 2.14. The number of ether oxygens (including phenoxy) is 2. The highest BCUT2D eigenvalue weighted by molar-refractivity contribution is 6.20. The highest BCUT2D eigenvalue weighted by atomic mass is 16.6. The average Bonchev–Trinajstić information content (AvgIpc) is 2.22. The lowest BCUT2D eigenvalue weighted by Gasteiger charge is -2.12. The lowest BCUT2D eigenvalue weighted by atomic mass is 10.4. The molecule has 7 heteroatoms. The summed E-state index contributed by atoms with van der Waals surface area (Å²) in [6, 6.07) is 0. The van der Waals surface area contributed by atoms with Gasteiger partial charge in [0.1, 0.15) is 6.61 Å². The van der Waals surface area contributed by atoms with Crippen LogP contribution in [0.3, 0.4) is 0 Å². The van der Waals surface area contributed by atoms with Crippen molar-refractivity contribution in [2.24, 2.45) is 0 Å². The number of carbonyl (C=O) groups excluding carboxylic acids is 4.